The van der Waals surface area contributed by atoms with E-state index in [0.29, 0.717) is 12.0 Å². The van der Waals surface area contributed by atoms with Gasteiger partial charge in [0.15, 0.2) is 0 Å². The van der Waals surface area contributed by atoms with Crippen LogP contribution in [0, 0.1) is 11.8 Å². The van der Waals surface area contributed by atoms with Gasteiger partial charge in [-0.3, -0.25) is 9.69 Å². The van der Waals surface area contributed by atoms with E-state index in [9.17, 15) is 4.79 Å². The smallest absolute Gasteiger partial charge is 0.207 e. The van der Waals surface area contributed by atoms with Gasteiger partial charge in [0.25, 0.3) is 0 Å². The summed E-state index contributed by atoms with van der Waals surface area (Å²) in [5.74, 6) is 1.45. The first-order chi connectivity index (χ1) is 11.4. The van der Waals surface area contributed by atoms with Gasteiger partial charge in [-0.15, -0.1) is 0 Å². The van der Waals surface area contributed by atoms with Crippen molar-refractivity contribution in [3.63, 3.8) is 0 Å². The van der Waals surface area contributed by atoms with E-state index in [1.165, 1.54) is 18.5 Å². The molecule has 2 aliphatic rings. The summed E-state index contributed by atoms with van der Waals surface area (Å²) in [5, 5.41) is 2.99. The molecule has 1 aliphatic heterocycles. The van der Waals surface area contributed by atoms with Crippen molar-refractivity contribution in [1.29, 1.82) is 0 Å². The second-order valence-corrected chi connectivity index (χ2v) is 7.89. The maximum Gasteiger partial charge on any atom is 0.207 e. The molecular formula is C20H32N2O2. The molecule has 0 aromatic heterocycles. The third-order valence-corrected chi connectivity index (χ3v) is 5.08. The summed E-state index contributed by atoms with van der Waals surface area (Å²) in [6.45, 7) is 9.43. The van der Waals surface area contributed by atoms with Crippen LogP contribution in [0.1, 0.15) is 39.2 Å². The van der Waals surface area contributed by atoms with E-state index in [4.69, 9.17) is 4.74 Å². The molecule has 0 radical (unpaired) electrons. The van der Waals surface area contributed by atoms with Gasteiger partial charge in [0.2, 0.25) is 6.41 Å². The molecule has 2 fully saturated rings. The molecule has 4 nitrogen and oxygen atoms in total. The fourth-order valence-electron chi connectivity index (χ4n) is 3.62. The SMILES string of the molecule is COC(C)(C)C.O=CNC1CCC2CN(Cc3ccccc3)CC21. The van der Waals surface area contributed by atoms with E-state index >= 15 is 0 Å². The van der Waals surface area contributed by atoms with Crippen molar-refractivity contribution in [2.45, 2.75) is 51.8 Å². The normalized spacial score (nSPS) is 26.4. The van der Waals surface area contributed by atoms with E-state index in [2.05, 4.69) is 40.5 Å². The Labute approximate surface area is 146 Å². The number of carbonyl (C=O) groups excluding carboxylic acids is 1. The molecule has 3 rings (SSSR count). The summed E-state index contributed by atoms with van der Waals surface area (Å²) >= 11 is 0. The largest absolute Gasteiger partial charge is 0.379 e. The Hall–Kier alpha value is -1.39. The van der Waals surface area contributed by atoms with Gasteiger partial charge in [-0.2, -0.15) is 0 Å². The highest BCUT2D eigenvalue weighted by molar-refractivity contribution is 5.47. The first-order valence-corrected chi connectivity index (χ1v) is 8.94. The van der Waals surface area contributed by atoms with Crippen molar-refractivity contribution in [1.82, 2.24) is 10.2 Å². The van der Waals surface area contributed by atoms with Crippen LogP contribution >= 0.6 is 0 Å². The van der Waals surface area contributed by atoms with Crippen molar-refractivity contribution in [2.24, 2.45) is 11.8 Å². The van der Waals surface area contributed by atoms with E-state index in [1.807, 2.05) is 20.8 Å². The maximum absolute atomic E-state index is 10.6. The standard InChI is InChI=1S/C15H20N2O.C5H12O/c18-11-16-15-7-6-13-9-17(10-14(13)15)8-12-4-2-1-3-5-12;1-5(2,3)6-4/h1-5,11,13-15H,6-10H2,(H,16,18);1-4H3. The number of nitrogens with zero attached hydrogens (tertiary/aromatic N) is 1. The van der Waals surface area contributed by atoms with Crippen molar-refractivity contribution in [2.75, 3.05) is 20.2 Å². The highest BCUT2D eigenvalue weighted by Crippen LogP contribution is 2.38. The molecule has 1 heterocycles. The summed E-state index contributed by atoms with van der Waals surface area (Å²) < 4.78 is 4.94. The number of ether oxygens (including phenoxy) is 1. The minimum atomic E-state index is 0.0417. The minimum Gasteiger partial charge on any atom is -0.379 e. The van der Waals surface area contributed by atoms with Crippen LogP contribution in [0.15, 0.2) is 30.3 Å². The fraction of sp³-hybridized carbons (Fsp3) is 0.650. The fourth-order valence-corrected chi connectivity index (χ4v) is 3.62. The lowest BCUT2D eigenvalue weighted by Gasteiger charge is -2.20. The molecule has 1 saturated heterocycles. The molecule has 0 bridgehead atoms. The lowest BCUT2D eigenvalue weighted by atomic mass is 9.98. The lowest BCUT2D eigenvalue weighted by molar-refractivity contribution is -0.110. The predicted octanol–water partition coefficient (Wildman–Crippen LogP) is 3.07. The first kappa shape index (κ1) is 18.9. The van der Waals surface area contributed by atoms with Crippen LogP contribution in [-0.4, -0.2) is 43.2 Å². The van der Waals surface area contributed by atoms with Gasteiger partial charge in [0.05, 0.1) is 5.60 Å². The Morgan fingerprint density at radius 3 is 2.46 bits per heavy atom. The zero-order chi connectivity index (χ0) is 17.6. The Morgan fingerprint density at radius 1 is 1.21 bits per heavy atom. The van der Waals surface area contributed by atoms with Crippen LogP contribution < -0.4 is 5.32 Å². The van der Waals surface area contributed by atoms with Crippen LogP contribution in [0.2, 0.25) is 0 Å². The molecule has 3 atom stereocenters. The molecule has 1 aromatic carbocycles. The second-order valence-electron chi connectivity index (χ2n) is 7.89. The van der Waals surface area contributed by atoms with Crippen LogP contribution in [0.5, 0.6) is 0 Å². The molecule has 3 unspecified atom stereocenters. The lowest BCUT2D eigenvalue weighted by Crippen LogP contribution is -2.34. The van der Waals surface area contributed by atoms with Gasteiger partial charge in [-0.25, -0.2) is 0 Å². The molecule has 134 valence electrons. The van der Waals surface area contributed by atoms with Gasteiger partial charge in [-0.05, 0) is 51.0 Å². The van der Waals surface area contributed by atoms with Crippen LogP contribution in [0.3, 0.4) is 0 Å². The van der Waals surface area contributed by atoms with Crippen molar-refractivity contribution < 1.29 is 9.53 Å². The number of carbonyl (C=O) groups is 1. The molecule has 0 spiro atoms. The van der Waals surface area contributed by atoms with E-state index in [1.54, 1.807) is 7.11 Å². The number of methoxy groups -OCH3 is 1. The third kappa shape index (κ3) is 5.60. The van der Waals surface area contributed by atoms with E-state index < -0.39 is 0 Å². The van der Waals surface area contributed by atoms with Crippen LogP contribution in [0.4, 0.5) is 0 Å². The molecule has 1 aliphatic carbocycles. The van der Waals surface area contributed by atoms with Crippen molar-refractivity contribution in [3.8, 4) is 0 Å². The highest BCUT2D eigenvalue weighted by Gasteiger charge is 2.42. The molecule has 1 amide bonds. The maximum atomic E-state index is 10.6. The topological polar surface area (TPSA) is 41.6 Å². The van der Waals surface area contributed by atoms with Crippen molar-refractivity contribution in [3.05, 3.63) is 35.9 Å². The van der Waals surface area contributed by atoms with Gasteiger partial charge in [0.1, 0.15) is 0 Å². The Balaban J connectivity index is 0.000000301. The summed E-state index contributed by atoms with van der Waals surface area (Å²) in [4.78, 5) is 13.1. The number of rotatable bonds is 4. The Kier molecular flexibility index (Phi) is 6.81. The van der Waals surface area contributed by atoms with Crippen molar-refractivity contribution >= 4 is 6.41 Å². The van der Waals surface area contributed by atoms with E-state index in [-0.39, 0.29) is 5.60 Å². The first-order valence-electron chi connectivity index (χ1n) is 8.94. The Morgan fingerprint density at radius 2 is 1.88 bits per heavy atom. The zero-order valence-electron chi connectivity index (χ0n) is 15.5. The van der Waals surface area contributed by atoms with Gasteiger partial charge in [-0.1, -0.05) is 30.3 Å². The predicted molar refractivity (Wildman–Crippen MR) is 97.7 cm³/mol. The second kappa shape index (κ2) is 8.63. The number of hydrogen-bond donors (Lipinski definition) is 1. The average Bonchev–Trinajstić information content (AvgIpc) is 3.10. The summed E-state index contributed by atoms with van der Waals surface area (Å²) in [6.07, 6.45) is 3.29. The monoisotopic (exact) mass is 332 g/mol. The molecule has 24 heavy (non-hydrogen) atoms. The van der Waals surface area contributed by atoms with Gasteiger partial charge in [0, 0.05) is 32.8 Å². The summed E-state index contributed by atoms with van der Waals surface area (Å²) in [6, 6.07) is 11.1. The minimum absolute atomic E-state index is 0.0417. The number of likely N-dealkylation sites (tertiary alicyclic amines) is 1. The van der Waals surface area contributed by atoms with Crippen LogP contribution in [0.25, 0.3) is 0 Å². The molecule has 1 N–H and O–H groups in total. The number of nitrogens with one attached hydrogen (secondary N) is 1. The molecule has 1 saturated carbocycles. The number of benzene rings is 1. The quantitative estimate of drug-likeness (QED) is 0.862. The number of hydrogen-bond acceptors (Lipinski definition) is 3. The Bertz CT molecular complexity index is 498. The third-order valence-electron chi connectivity index (χ3n) is 5.08. The number of fused-ring (bicyclic) bond motifs is 1. The summed E-state index contributed by atoms with van der Waals surface area (Å²) in [5.41, 5.74) is 1.43. The molecular weight excluding hydrogens is 300 g/mol. The average molecular weight is 332 g/mol. The molecule has 1 aromatic rings. The van der Waals surface area contributed by atoms with Gasteiger partial charge >= 0.3 is 0 Å². The number of amides is 1. The highest BCUT2D eigenvalue weighted by atomic mass is 16.5. The summed E-state index contributed by atoms with van der Waals surface area (Å²) in [7, 11) is 1.71. The zero-order valence-corrected chi connectivity index (χ0v) is 15.5. The van der Waals surface area contributed by atoms with Gasteiger partial charge < -0.3 is 10.1 Å². The van der Waals surface area contributed by atoms with Crippen LogP contribution in [-0.2, 0) is 16.1 Å². The van der Waals surface area contributed by atoms with E-state index in [0.717, 1.165) is 31.8 Å². The molecule has 4 heteroatoms.